The predicted octanol–water partition coefficient (Wildman–Crippen LogP) is 3.65. The molecule has 0 aliphatic carbocycles. The molecule has 0 saturated carbocycles. The highest BCUT2D eigenvalue weighted by Crippen LogP contribution is 2.26. The Morgan fingerprint density at radius 1 is 1.26 bits per heavy atom. The van der Waals surface area contributed by atoms with Gasteiger partial charge < -0.3 is 15.0 Å². The van der Waals surface area contributed by atoms with Gasteiger partial charge >= 0.3 is 0 Å². The number of aliphatic imine (C=N–C) groups is 1. The first kappa shape index (κ1) is 29.5. The van der Waals surface area contributed by atoms with Gasteiger partial charge in [-0.3, -0.25) is 15.2 Å². The van der Waals surface area contributed by atoms with Crippen LogP contribution in [0.2, 0.25) is 0 Å². The lowest BCUT2D eigenvalue weighted by molar-refractivity contribution is -0.115. The van der Waals surface area contributed by atoms with Crippen molar-refractivity contribution >= 4 is 33.7 Å². The van der Waals surface area contributed by atoms with Crippen molar-refractivity contribution in [2.24, 2.45) is 4.99 Å². The van der Waals surface area contributed by atoms with Crippen LogP contribution in [-0.4, -0.2) is 52.1 Å². The lowest BCUT2D eigenvalue weighted by atomic mass is 10.0. The van der Waals surface area contributed by atoms with Crippen molar-refractivity contribution in [3.05, 3.63) is 64.9 Å². The SMILES string of the molecule is CCC/C=N/C(C)=C/C(=O)NC(=N)c1cc(S(=O)(=O)NC2CN(c3ccc(C#N)c(C)c3)C2)ccc1OCC. The summed E-state index contributed by atoms with van der Waals surface area (Å²) < 4.78 is 34.6. The zero-order valence-corrected chi connectivity index (χ0v) is 23.4. The van der Waals surface area contributed by atoms with Crippen LogP contribution in [0.3, 0.4) is 0 Å². The maximum absolute atomic E-state index is 13.2. The number of nitriles is 1. The largest absolute Gasteiger partial charge is 0.493 e. The third-order valence-corrected chi connectivity index (χ3v) is 7.55. The van der Waals surface area contributed by atoms with Gasteiger partial charge in [-0.25, -0.2) is 13.1 Å². The number of sulfonamides is 1. The number of carbonyl (C=O) groups is 1. The molecule has 0 radical (unpaired) electrons. The average Bonchev–Trinajstić information content (AvgIpc) is 2.86. The van der Waals surface area contributed by atoms with E-state index in [0.717, 1.165) is 24.1 Å². The Morgan fingerprint density at radius 3 is 2.64 bits per heavy atom. The van der Waals surface area contributed by atoms with Crippen molar-refractivity contribution < 1.29 is 17.9 Å². The molecule has 0 bridgehead atoms. The van der Waals surface area contributed by atoms with E-state index in [-0.39, 0.29) is 28.1 Å². The second-order valence-corrected chi connectivity index (χ2v) is 10.9. The number of rotatable bonds is 11. The number of carbonyl (C=O) groups excluding carboxylic acids is 1. The summed E-state index contributed by atoms with van der Waals surface area (Å²) in [6.07, 6.45) is 4.74. The minimum absolute atomic E-state index is 0.0384. The molecule has 2 aromatic rings. The Hall–Kier alpha value is -4.01. The first-order valence-electron chi connectivity index (χ1n) is 12.7. The highest BCUT2D eigenvalue weighted by atomic mass is 32.2. The molecule has 206 valence electrons. The summed E-state index contributed by atoms with van der Waals surface area (Å²) in [7, 11) is -3.91. The molecule has 1 aliphatic rings. The molecule has 0 atom stereocenters. The number of hydrogen-bond acceptors (Lipinski definition) is 8. The number of nitrogens with one attached hydrogen (secondary N) is 3. The van der Waals surface area contributed by atoms with E-state index in [1.165, 1.54) is 24.3 Å². The smallest absolute Gasteiger partial charge is 0.251 e. The van der Waals surface area contributed by atoms with E-state index in [9.17, 15) is 13.2 Å². The monoisotopic (exact) mass is 550 g/mol. The van der Waals surface area contributed by atoms with Crippen molar-refractivity contribution in [3.63, 3.8) is 0 Å². The van der Waals surface area contributed by atoms with Gasteiger partial charge in [0, 0.05) is 36.8 Å². The first-order valence-corrected chi connectivity index (χ1v) is 14.2. The van der Waals surface area contributed by atoms with Crippen molar-refractivity contribution in [1.29, 1.82) is 10.7 Å². The second kappa shape index (κ2) is 13.2. The Labute approximate surface area is 230 Å². The van der Waals surface area contributed by atoms with Gasteiger partial charge in [0.25, 0.3) is 5.91 Å². The fraction of sp³-hybridized carbons (Fsp3) is 0.357. The number of hydrogen-bond donors (Lipinski definition) is 3. The van der Waals surface area contributed by atoms with Crippen molar-refractivity contribution in [1.82, 2.24) is 10.0 Å². The van der Waals surface area contributed by atoms with Gasteiger partial charge in [0.05, 0.1) is 34.7 Å². The predicted molar refractivity (Wildman–Crippen MR) is 152 cm³/mol. The molecule has 1 saturated heterocycles. The van der Waals surface area contributed by atoms with Gasteiger partial charge in [-0.15, -0.1) is 0 Å². The standard InChI is InChI=1S/C28H34N6O4S/c1-5-7-12-31-20(4)14-27(35)32-28(30)25-15-24(10-11-26(25)38-6-2)39(36,37)33-22-17-34(18-22)23-9-8-21(16-29)19(3)13-23/h8-15,22,33H,5-7,17-18H2,1-4H3,(H2,30,32,35)/b20-14+,31-12+. The molecule has 0 unspecified atom stereocenters. The van der Waals surface area contributed by atoms with Crippen LogP contribution in [0.4, 0.5) is 5.69 Å². The van der Waals surface area contributed by atoms with Gasteiger partial charge in [-0.2, -0.15) is 5.26 Å². The van der Waals surface area contributed by atoms with Crippen LogP contribution in [0.1, 0.15) is 50.3 Å². The summed E-state index contributed by atoms with van der Waals surface area (Å²) in [6, 6.07) is 11.6. The van der Waals surface area contributed by atoms with Crippen LogP contribution in [0, 0.1) is 23.7 Å². The van der Waals surface area contributed by atoms with Crippen molar-refractivity contribution in [2.45, 2.75) is 51.5 Å². The molecule has 0 spiro atoms. The zero-order chi connectivity index (χ0) is 28.6. The number of amides is 1. The van der Waals surface area contributed by atoms with Gasteiger partial charge in [0.2, 0.25) is 10.0 Å². The molecule has 1 heterocycles. The van der Waals surface area contributed by atoms with Crippen LogP contribution < -0.4 is 19.7 Å². The van der Waals surface area contributed by atoms with E-state index >= 15 is 0 Å². The quantitative estimate of drug-likeness (QED) is 0.221. The number of ether oxygens (including phenoxy) is 1. The van der Waals surface area contributed by atoms with E-state index < -0.39 is 15.9 Å². The summed E-state index contributed by atoms with van der Waals surface area (Å²) in [5.74, 6) is -0.546. The van der Waals surface area contributed by atoms with E-state index in [0.29, 0.717) is 31.0 Å². The summed E-state index contributed by atoms with van der Waals surface area (Å²) in [6.45, 7) is 8.61. The maximum Gasteiger partial charge on any atom is 0.251 e. The lowest BCUT2D eigenvalue weighted by Gasteiger charge is -2.41. The maximum atomic E-state index is 13.2. The topological polar surface area (TPSA) is 148 Å². The normalized spacial score (nSPS) is 14.1. The Bertz CT molecular complexity index is 1440. The number of anilines is 1. The first-order chi connectivity index (χ1) is 18.6. The van der Waals surface area contributed by atoms with Gasteiger partial charge in [-0.05, 0) is 69.2 Å². The highest BCUT2D eigenvalue weighted by molar-refractivity contribution is 7.89. The third-order valence-electron chi connectivity index (χ3n) is 6.03. The highest BCUT2D eigenvalue weighted by Gasteiger charge is 2.32. The summed E-state index contributed by atoms with van der Waals surface area (Å²) >= 11 is 0. The molecule has 10 nitrogen and oxygen atoms in total. The number of unbranched alkanes of at least 4 members (excludes halogenated alkanes) is 1. The van der Waals surface area contributed by atoms with Crippen LogP contribution in [0.15, 0.2) is 58.1 Å². The van der Waals surface area contributed by atoms with Gasteiger partial charge in [-0.1, -0.05) is 13.3 Å². The number of amidine groups is 1. The number of allylic oxidation sites excluding steroid dienone is 1. The van der Waals surface area contributed by atoms with Crippen LogP contribution >= 0.6 is 0 Å². The van der Waals surface area contributed by atoms with Gasteiger partial charge in [0.1, 0.15) is 11.6 Å². The van der Waals surface area contributed by atoms with E-state index in [1.807, 2.05) is 30.9 Å². The number of nitrogens with zero attached hydrogens (tertiary/aromatic N) is 3. The van der Waals surface area contributed by atoms with E-state index in [1.54, 1.807) is 26.1 Å². The molecular weight excluding hydrogens is 516 g/mol. The molecule has 39 heavy (non-hydrogen) atoms. The van der Waals surface area contributed by atoms with Crippen LogP contribution in [-0.2, 0) is 14.8 Å². The Morgan fingerprint density at radius 2 is 2.00 bits per heavy atom. The summed E-state index contributed by atoms with van der Waals surface area (Å²) in [5, 5.41) is 20.0. The average molecular weight is 551 g/mol. The van der Waals surface area contributed by atoms with Crippen molar-refractivity contribution in [3.8, 4) is 11.8 Å². The Kier molecular flexibility index (Phi) is 9.98. The molecule has 0 aromatic heterocycles. The molecule has 2 aromatic carbocycles. The fourth-order valence-electron chi connectivity index (χ4n) is 3.97. The third kappa shape index (κ3) is 7.75. The fourth-order valence-corrected chi connectivity index (χ4v) is 5.21. The minimum Gasteiger partial charge on any atom is -0.493 e. The Balaban J connectivity index is 1.71. The molecule has 3 N–H and O–H groups in total. The molecule has 11 heteroatoms. The minimum atomic E-state index is -3.91. The zero-order valence-electron chi connectivity index (χ0n) is 22.6. The lowest BCUT2D eigenvalue weighted by Crippen LogP contribution is -2.59. The number of aryl methyl sites for hydroxylation is 1. The molecular formula is C28H34N6O4S. The molecule has 3 rings (SSSR count). The summed E-state index contributed by atoms with van der Waals surface area (Å²) in [5.41, 5.74) is 3.04. The van der Waals surface area contributed by atoms with Gasteiger partial charge in [0.15, 0.2) is 0 Å². The summed E-state index contributed by atoms with van der Waals surface area (Å²) in [4.78, 5) is 18.6. The molecule has 1 amide bonds. The second-order valence-electron chi connectivity index (χ2n) is 9.18. The van der Waals surface area contributed by atoms with Crippen LogP contribution in [0.5, 0.6) is 5.75 Å². The van der Waals surface area contributed by atoms with E-state index in [2.05, 4.69) is 21.1 Å². The molecule has 1 aliphatic heterocycles. The van der Waals surface area contributed by atoms with E-state index in [4.69, 9.17) is 15.4 Å². The van der Waals surface area contributed by atoms with Crippen LogP contribution in [0.25, 0.3) is 0 Å². The van der Waals surface area contributed by atoms with Crippen molar-refractivity contribution in [2.75, 3.05) is 24.6 Å². The molecule has 1 fully saturated rings. The number of benzene rings is 2.